The molecule has 2 N–H and O–H groups in total. The summed E-state index contributed by atoms with van der Waals surface area (Å²) in [7, 11) is 1.56. The quantitative estimate of drug-likeness (QED) is 0.797. The Morgan fingerprint density at radius 1 is 1.35 bits per heavy atom. The van der Waals surface area contributed by atoms with Gasteiger partial charge in [-0.15, -0.1) is 0 Å². The summed E-state index contributed by atoms with van der Waals surface area (Å²) in [6.45, 7) is 1.92. The number of hydrogen-bond acceptors (Lipinski definition) is 3. The molecule has 1 aromatic rings. The number of carboxylic acid groups (broad SMARTS) is 1. The monoisotopic (exact) mass is 280 g/mol. The van der Waals surface area contributed by atoms with Crippen LogP contribution in [0, 0.1) is 0 Å². The molecule has 6 nitrogen and oxygen atoms in total. The minimum Gasteiger partial charge on any atom is -0.480 e. The van der Waals surface area contributed by atoms with Gasteiger partial charge in [0.25, 0.3) is 0 Å². The third-order valence-corrected chi connectivity index (χ3v) is 2.79. The first-order chi connectivity index (χ1) is 9.58. The second kappa shape index (κ2) is 8.16. The van der Waals surface area contributed by atoms with Crippen molar-refractivity contribution in [2.24, 2.45) is 0 Å². The van der Waals surface area contributed by atoms with E-state index in [4.69, 9.17) is 9.84 Å². The number of rotatable bonds is 7. The highest BCUT2D eigenvalue weighted by molar-refractivity contribution is 5.96. The van der Waals surface area contributed by atoms with Crippen LogP contribution in [0.3, 0.4) is 0 Å². The summed E-state index contributed by atoms with van der Waals surface area (Å²) in [5, 5.41) is 11.7. The van der Waals surface area contributed by atoms with Gasteiger partial charge in [0, 0.05) is 12.8 Å². The summed E-state index contributed by atoms with van der Waals surface area (Å²) in [4.78, 5) is 24.3. The fourth-order valence-electron chi connectivity index (χ4n) is 1.74. The van der Waals surface area contributed by atoms with E-state index in [0.29, 0.717) is 18.7 Å². The van der Waals surface area contributed by atoms with Crippen LogP contribution in [-0.4, -0.2) is 43.4 Å². The maximum absolute atomic E-state index is 12.2. The molecule has 1 atom stereocenters. The molecule has 1 rings (SSSR count). The van der Waals surface area contributed by atoms with E-state index in [0.717, 1.165) is 0 Å². The van der Waals surface area contributed by atoms with Crippen LogP contribution < -0.4 is 10.2 Å². The SMILES string of the molecule is CCC(COC)NC(=O)N(CC(=O)O)c1ccccc1. The van der Waals surface area contributed by atoms with Crippen molar-refractivity contribution < 1.29 is 19.4 Å². The smallest absolute Gasteiger partial charge is 0.323 e. The average molecular weight is 280 g/mol. The summed E-state index contributed by atoms with van der Waals surface area (Å²) in [6, 6.07) is 8.11. The topological polar surface area (TPSA) is 78.9 Å². The van der Waals surface area contributed by atoms with Gasteiger partial charge in [0.2, 0.25) is 0 Å². The lowest BCUT2D eigenvalue weighted by molar-refractivity contribution is -0.135. The largest absolute Gasteiger partial charge is 0.480 e. The van der Waals surface area contributed by atoms with Gasteiger partial charge in [-0.2, -0.15) is 0 Å². The van der Waals surface area contributed by atoms with Crippen LogP contribution in [0.25, 0.3) is 0 Å². The van der Waals surface area contributed by atoms with E-state index in [1.165, 1.54) is 4.90 Å². The van der Waals surface area contributed by atoms with E-state index in [2.05, 4.69) is 5.32 Å². The Balaban J connectivity index is 2.82. The van der Waals surface area contributed by atoms with Gasteiger partial charge in [-0.05, 0) is 18.6 Å². The van der Waals surface area contributed by atoms with Crippen molar-refractivity contribution in [3.05, 3.63) is 30.3 Å². The second-order valence-electron chi connectivity index (χ2n) is 4.33. The summed E-state index contributed by atoms with van der Waals surface area (Å²) in [5.41, 5.74) is 0.541. The molecule has 2 amide bonds. The molecule has 0 fully saturated rings. The summed E-state index contributed by atoms with van der Waals surface area (Å²) in [5.74, 6) is -1.07. The van der Waals surface area contributed by atoms with Gasteiger partial charge in [-0.25, -0.2) is 4.79 Å². The Labute approximate surface area is 118 Å². The Bertz CT molecular complexity index is 436. The summed E-state index contributed by atoms with van der Waals surface area (Å²) < 4.78 is 5.01. The van der Waals surface area contributed by atoms with Crippen molar-refractivity contribution in [1.82, 2.24) is 5.32 Å². The molecule has 1 unspecified atom stereocenters. The normalized spacial score (nSPS) is 11.7. The number of urea groups is 1. The molecule has 0 saturated heterocycles. The van der Waals surface area contributed by atoms with Gasteiger partial charge < -0.3 is 15.2 Å². The Kier molecular flexibility index (Phi) is 6.52. The highest BCUT2D eigenvalue weighted by atomic mass is 16.5. The van der Waals surface area contributed by atoms with E-state index in [1.54, 1.807) is 37.4 Å². The van der Waals surface area contributed by atoms with Crippen molar-refractivity contribution in [3.8, 4) is 0 Å². The van der Waals surface area contributed by atoms with Crippen LogP contribution in [0.2, 0.25) is 0 Å². The lowest BCUT2D eigenvalue weighted by Crippen LogP contribution is -2.48. The minimum absolute atomic E-state index is 0.146. The van der Waals surface area contributed by atoms with Gasteiger partial charge in [0.1, 0.15) is 6.54 Å². The number of benzene rings is 1. The van der Waals surface area contributed by atoms with Crippen LogP contribution in [0.1, 0.15) is 13.3 Å². The molecule has 0 aliphatic carbocycles. The third kappa shape index (κ3) is 4.89. The summed E-state index contributed by atoms with van der Waals surface area (Å²) >= 11 is 0. The molecule has 6 heteroatoms. The number of carboxylic acids is 1. The molecular weight excluding hydrogens is 260 g/mol. The highest BCUT2D eigenvalue weighted by Gasteiger charge is 2.20. The molecule has 110 valence electrons. The van der Waals surface area contributed by atoms with E-state index in [1.807, 2.05) is 6.92 Å². The van der Waals surface area contributed by atoms with Crippen molar-refractivity contribution in [3.63, 3.8) is 0 Å². The fraction of sp³-hybridized carbons (Fsp3) is 0.429. The maximum atomic E-state index is 12.2. The third-order valence-electron chi connectivity index (χ3n) is 2.79. The first kappa shape index (κ1) is 16.0. The molecule has 0 radical (unpaired) electrons. The number of methoxy groups -OCH3 is 1. The van der Waals surface area contributed by atoms with Crippen LogP contribution in [-0.2, 0) is 9.53 Å². The molecule has 0 aliphatic rings. The first-order valence-corrected chi connectivity index (χ1v) is 6.42. The van der Waals surface area contributed by atoms with Crippen molar-refractivity contribution >= 4 is 17.7 Å². The van der Waals surface area contributed by atoms with E-state index in [-0.39, 0.29) is 12.6 Å². The predicted molar refractivity (Wildman–Crippen MR) is 75.9 cm³/mol. The number of para-hydroxylation sites is 1. The lowest BCUT2D eigenvalue weighted by Gasteiger charge is -2.24. The maximum Gasteiger partial charge on any atom is 0.323 e. The first-order valence-electron chi connectivity index (χ1n) is 6.42. The molecule has 20 heavy (non-hydrogen) atoms. The summed E-state index contributed by atoms with van der Waals surface area (Å²) in [6.07, 6.45) is 0.704. The van der Waals surface area contributed by atoms with Gasteiger partial charge >= 0.3 is 12.0 Å². The molecular formula is C14H20N2O4. The van der Waals surface area contributed by atoms with Gasteiger partial charge in [-0.3, -0.25) is 9.69 Å². The van der Waals surface area contributed by atoms with E-state index >= 15 is 0 Å². The van der Waals surface area contributed by atoms with Crippen molar-refractivity contribution in [2.45, 2.75) is 19.4 Å². The highest BCUT2D eigenvalue weighted by Crippen LogP contribution is 2.13. The van der Waals surface area contributed by atoms with Crippen LogP contribution in [0.15, 0.2) is 30.3 Å². The molecule has 0 bridgehead atoms. The standard InChI is InChI=1S/C14H20N2O4/c1-3-11(10-20-2)15-14(19)16(9-13(17)18)12-7-5-4-6-8-12/h4-8,11H,3,9-10H2,1-2H3,(H,15,19)(H,17,18). The number of hydrogen-bond donors (Lipinski definition) is 2. The minimum atomic E-state index is -1.07. The zero-order chi connectivity index (χ0) is 15.0. The van der Waals surface area contributed by atoms with Crippen LogP contribution in [0.5, 0.6) is 0 Å². The number of nitrogens with zero attached hydrogens (tertiary/aromatic N) is 1. The van der Waals surface area contributed by atoms with Gasteiger partial charge in [0.15, 0.2) is 0 Å². The number of nitrogens with one attached hydrogen (secondary N) is 1. The number of carbonyl (C=O) groups excluding carboxylic acids is 1. The Morgan fingerprint density at radius 3 is 2.50 bits per heavy atom. The molecule has 0 aliphatic heterocycles. The number of anilines is 1. The molecule has 0 aromatic heterocycles. The Hall–Kier alpha value is -2.08. The molecule has 0 spiro atoms. The number of ether oxygens (including phenoxy) is 1. The van der Waals surface area contributed by atoms with Crippen LogP contribution in [0.4, 0.5) is 10.5 Å². The number of carbonyl (C=O) groups is 2. The van der Waals surface area contributed by atoms with E-state index in [9.17, 15) is 9.59 Å². The molecule has 1 aromatic carbocycles. The van der Waals surface area contributed by atoms with Crippen molar-refractivity contribution in [1.29, 1.82) is 0 Å². The van der Waals surface area contributed by atoms with Gasteiger partial charge in [0.05, 0.1) is 12.6 Å². The number of aliphatic carboxylic acids is 1. The van der Waals surface area contributed by atoms with Crippen LogP contribution >= 0.6 is 0 Å². The second-order valence-corrected chi connectivity index (χ2v) is 4.33. The fourth-order valence-corrected chi connectivity index (χ4v) is 1.74. The zero-order valence-electron chi connectivity index (χ0n) is 11.7. The lowest BCUT2D eigenvalue weighted by atomic mass is 10.2. The average Bonchev–Trinajstić information content (AvgIpc) is 2.44. The Morgan fingerprint density at radius 2 is 2.00 bits per heavy atom. The molecule has 0 saturated carbocycles. The zero-order valence-corrected chi connectivity index (χ0v) is 11.7. The number of amides is 2. The van der Waals surface area contributed by atoms with Gasteiger partial charge in [-0.1, -0.05) is 25.1 Å². The van der Waals surface area contributed by atoms with E-state index < -0.39 is 12.0 Å². The molecule has 0 heterocycles. The predicted octanol–water partition coefficient (Wildman–Crippen LogP) is 1.71. The van der Waals surface area contributed by atoms with Crippen molar-refractivity contribution in [2.75, 3.05) is 25.2 Å².